The van der Waals surface area contributed by atoms with Crippen LogP contribution in [0.5, 0.6) is 0 Å². The van der Waals surface area contributed by atoms with Gasteiger partial charge in [-0.3, -0.25) is 0 Å². The number of benzene rings is 1. The van der Waals surface area contributed by atoms with Gasteiger partial charge in [-0.25, -0.2) is 14.1 Å². The molecule has 0 unspecified atom stereocenters. The standard InChI is InChI=1S/C13H13FN4S/c1-18-13(16-9-17-18)19-8-11-5-10(3-2-4-15)6-12(14)7-11/h5-7,9H,4,8,15H2,1H3. The highest BCUT2D eigenvalue weighted by Gasteiger charge is 2.04. The Morgan fingerprint density at radius 3 is 2.95 bits per heavy atom. The fourth-order valence-corrected chi connectivity index (χ4v) is 2.34. The second-order valence-electron chi connectivity index (χ2n) is 3.81. The molecule has 0 bridgehead atoms. The third-order valence-electron chi connectivity index (χ3n) is 2.33. The molecular weight excluding hydrogens is 263 g/mol. The highest BCUT2D eigenvalue weighted by atomic mass is 32.2. The Morgan fingerprint density at radius 2 is 2.26 bits per heavy atom. The Kier molecular flexibility index (Phi) is 4.55. The van der Waals surface area contributed by atoms with Gasteiger partial charge in [0, 0.05) is 18.4 Å². The molecule has 2 aromatic rings. The van der Waals surface area contributed by atoms with E-state index >= 15 is 0 Å². The molecule has 0 aliphatic heterocycles. The van der Waals surface area contributed by atoms with Crippen molar-refractivity contribution in [3.8, 4) is 11.8 Å². The first kappa shape index (κ1) is 13.6. The minimum atomic E-state index is -0.294. The average molecular weight is 276 g/mol. The molecule has 98 valence electrons. The highest BCUT2D eigenvalue weighted by molar-refractivity contribution is 7.98. The number of thioether (sulfide) groups is 1. The quantitative estimate of drug-likeness (QED) is 0.683. The van der Waals surface area contributed by atoms with E-state index in [9.17, 15) is 4.39 Å². The lowest BCUT2D eigenvalue weighted by Gasteiger charge is -2.02. The summed E-state index contributed by atoms with van der Waals surface area (Å²) in [6.45, 7) is 0.263. The van der Waals surface area contributed by atoms with Gasteiger partial charge in [-0.05, 0) is 23.8 Å². The van der Waals surface area contributed by atoms with Crippen molar-refractivity contribution >= 4 is 11.8 Å². The summed E-state index contributed by atoms with van der Waals surface area (Å²) in [5.41, 5.74) is 6.80. The molecule has 0 saturated heterocycles. The molecule has 2 rings (SSSR count). The molecule has 0 fully saturated rings. The predicted octanol–water partition coefficient (Wildman–Crippen LogP) is 1.56. The molecule has 6 heteroatoms. The molecule has 4 nitrogen and oxygen atoms in total. The number of nitrogens with zero attached hydrogens (tertiary/aromatic N) is 3. The van der Waals surface area contributed by atoms with Gasteiger partial charge < -0.3 is 5.73 Å². The van der Waals surface area contributed by atoms with Crippen LogP contribution in [0.25, 0.3) is 0 Å². The zero-order valence-corrected chi connectivity index (χ0v) is 11.2. The van der Waals surface area contributed by atoms with Crippen LogP contribution in [0.4, 0.5) is 4.39 Å². The molecule has 19 heavy (non-hydrogen) atoms. The minimum Gasteiger partial charge on any atom is -0.320 e. The van der Waals surface area contributed by atoms with Gasteiger partial charge in [0.25, 0.3) is 0 Å². The van der Waals surface area contributed by atoms with Crippen molar-refractivity contribution in [2.75, 3.05) is 6.54 Å². The maximum atomic E-state index is 13.5. The molecular formula is C13H13FN4S. The molecule has 1 heterocycles. The van der Waals surface area contributed by atoms with E-state index in [4.69, 9.17) is 5.73 Å². The second-order valence-corrected chi connectivity index (χ2v) is 4.75. The van der Waals surface area contributed by atoms with Crippen LogP contribution >= 0.6 is 11.8 Å². The van der Waals surface area contributed by atoms with Gasteiger partial charge in [0.1, 0.15) is 12.1 Å². The molecule has 1 aromatic carbocycles. The van der Waals surface area contributed by atoms with Crippen LogP contribution in [-0.4, -0.2) is 21.3 Å². The van der Waals surface area contributed by atoms with E-state index in [0.29, 0.717) is 11.3 Å². The van der Waals surface area contributed by atoms with E-state index in [1.54, 1.807) is 4.68 Å². The number of hydrogen-bond acceptors (Lipinski definition) is 4. The van der Waals surface area contributed by atoms with E-state index in [0.717, 1.165) is 10.7 Å². The first-order chi connectivity index (χ1) is 9.19. The van der Waals surface area contributed by atoms with Crippen molar-refractivity contribution < 1.29 is 4.39 Å². The highest BCUT2D eigenvalue weighted by Crippen LogP contribution is 2.21. The maximum Gasteiger partial charge on any atom is 0.186 e. The first-order valence-corrected chi connectivity index (χ1v) is 6.63. The Morgan fingerprint density at radius 1 is 1.42 bits per heavy atom. The lowest BCUT2D eigenvalue weighted by molar-refractivity contribution is 0.626. The number of aromatic nitrogens is 3. The number of nitrogens with two attached hydrogens (primary N) is 1. The van der Waals surface area contributed by atoms with Crippen LogP contribution in [0, 0.1) is 17.7 Å². The van der Waals surface area contributed by atoms with Gasteiger partial charge in [-0.15, -0.1) is 0 Å². The monoisotopic (exact) mass is 276 g/mol. The fraction of sp³-hybridized carbons (Fsp3) is 0.231. The SMILES string of the molecule is Cn1ncnc1SCc1cc(F)cc(C#CCN)c1. The molecule has 0 amide bonds. The third kappa shape index (κ3) is 3.81. The molecule has 0 aliphatic rings. The summed E-state index contributed by atoms with van der Waals surface area (Å²) < 4.78 is 15.1. The van der Waals surface area contributed by atoms with Crippen LogP contribution in [-0.2, 0) is 12.8 Å². The summed E-state index contributed by atoms with van der Waals surface area (Å²) in [5.74, 6) is 5.87. The Bertz CT molecular complexity index is 627. The van der Waals surface area contributed by atoms with E-state index in [1.807, 2.05) is 13.1 Å². The largest absolute Gasteiger partial charge is 0.320 e. The third-order valence-corrected chi connectivity index (χ3v) is 3.44. The summed E-state index contributed by atoms with van der Waals surface area (Å²) >= 11 is 1.50. The summed E-state index contributed by atoms with van der Waals surface area (Å²) in [6, 6.07) is 4.76. The Labute approximate surface area is 115 Å². The summed E-state index contributed by atoms with van der Waals surface area (Å²) in [4.78, 5) is 4.10. The van der Waals surface area contributed by atoms with Crippen molar-refractivity contribution in [2.45, 2.75) is 10.9 Å². The van der Waals surface area contributed by atoms with E-state index < -0.39 is 0 Å². The lowest BCUT2D eigenvalue weighted by atomic mass is 10.1. The van der Waals surface area contributed by atoms with Crippen molar-refractivity contribution in [3.05, 3.63) is 41.5 Å². The first-order valence-electron chi connectivity index (χ1n) is 5.64. The smallest absolute Gasteiger partial charge is 0.186 e. The average Bonchev–Trinajstić information content (AvgIpc) is 2.79. The topological polar surface area (TPSA) is 56.7 Å². The van der Waals surface area contributed by atoms with Gasteiger partial charge in [-0.1, -0.05) is 23.6 Å². The van der Waals surface area contributed by atoms with E-state index in [1.165, 1.54) is 30.2 Å². The normalized spacial score (nSPS) is 10.1. The molecule has 0 saturated carbocycles. The Balaban J connectivity index is 2.12. The van der Waals surface area contributed by atoms with E-state index in [2.05, 4.69) is 21.9 Å². The van der Waals surface area contributed by atoms with Gasteiger partial charge in [0.05, 0.1) is 6.54 Å². The minimum absolute atomic E-state index is 0.263. The molecule has 0 atom stereocenters. The second kappa shape index (κ2) is 6.36. The van der Waals surface area contributed by atoms with Gasteiger partial charge in [-0.2, -0.15) is 5.10 Å². The van der Waals surface area contributed by atoms with Crippen molar-refractivity contribution in [3.63, 3.8) is 0 Å². The number of hydrogen-bond donors (Lipinski definition) is 1. The van der Waals surface area contributed by atoms with Crippen LogP contribution < -0.4 is 5.73 Å². The van der Waals surface area contributed by atoms with Crippen molar-refractivity contribution in [1.82, 2.24) is 14.8 Å². The molecule has 0 radical (unpaired) electrons. The zero-order chi connectivity index (χ0) is 13.7. The van der Waals surface area contributed by atoms with Gasteiger partial charge in [0.2, 0.25) is 0 Å². The molecule has 0 aliphatic carbocycles. The number of aryl methyl sites for hydroxylation is 1. The predicted molar refractivity (Wildman–Crippen MR) is 72.9 cm³/mol. The zero-order valence-electron chi connectivity index (χ0n) is 10.4. The van der Waals surface area contributed by atoms with Crippen LogP contribution in [0.2, 0.25) is 0 Å². The van der Waals surface area contributed by atoms with Crippen molar-refractivity contribution in [1.29, 1.82) is 0 Å². The lowest BCUT2D eigenvalue weighted by Crippen LogP contribution is -1.95. The van der Waals surface area contributed by atoms with Crippen LogP contribution in [0.1, 0.15) is 11.1 Å². The van der Waals surface area contributed by atoms with Gasteiger partial charge in [0.15, 0.2) is 5.16 Å². The fourth-order valence-electron chi connectivity index (χ4n) is 1.52. The summed E-state index contributed by atoms with van der Waals surface area (Å²) in [6.07, 6.45) is 1.49. The summed E-state index contributed by atoms with van der Waals surface area (Å²) in [5, 5.41) is 4.77. The maximum absolute atomic E-state index is 13.5. The molecule has 2 N–H and O–H groups in total. The number of halogens is 1. The number of rotatable bonds is 3. The summed E-state index contributed by atoms with van der Waals surface area (Å²) in [7, 11) is 1.82. The van der Waals surface area contributed by atoms with Crippen LogP contribution in [0.3, 0.4) is 0 Å². The van der Waals surface area contributed by atoms with Gasteiger partial charge >= 0.3 is 0 Å². The molecule has 0 spiro atoms. The molecule has 1 aromatic heterocycles. The van der Waals surface area contributed by atoms with Crippen molar-refractivity contribution in [2.24, 2.45) is 12.8 Å². The van der Waals surface area contributed by atoms with Crippen LogP contribution in [0.15, 0.2) is 29.7 Å². The van der Waals surface area contributed by atoms with E-state index in [-0.39, 0.29) is 12.4 Å². The Hall–Kier alpha value is -1.84.